The number of carbonyl (C=O) groups is 1. The standard InChI is InChI=1S/C25H28N8O3/c1-25(2,3)23-32-31-22(36-23)21(34)29-19-6-5-11-35-20-12-15(7-8-17(19)20)18-9-10-26-24(30-18)28-16-13-27-33(4)14-16/h7-10,12-14,19H,5-6,11H2,1-4H3,(H,29,34)(H,26,28,30)/t19-/m0/s1. The van der Waals surface area contributed by atoms with Crippen molar-refractivity contribution in [3.8, 4) is 17.0 Å². The molecule has 36 heavy (non-hydrogen) atoms. The minimum absolute atomic E-state index is 0.0436. The van der Waals surface area contributed by atoms with Crippen LogP contribution in [-0.4, -0.2) is 42.5 Å². The SMILES string of the molecule is Cn1cc(Nc2nccc(-c3ccc4c(c3)OCCC[C@@H]4NC(=O)c3nnc(C(C)(C)C)o3)n2)cn1. The molecular weight excluding hydrogens is 460 g/mol. The zero-order valence-electron chi connectivity index (χ0n) is 20.6. The van der Waals surface area contributed by atoms with Crippen LogP contribution in [0, 0.1) is 0 Å². The normalized spacial score (nSPS) is 15.5. The molecule has 0 bridgehead atoms. The summed E-state index contributed by atoms with van der Waals surface area (Å²) >= 11 is 0. The molecular formula is C25H28N8O3. The third kappa shape index (κ3) is 5.04. The second-order valence-electron chi connectivity index (χ2n) is 9.72. The van der Waals surface area contributed by atoms with Crippen LogP contribution in [-0.2, 0) is 12.5 Å². The van der Waals surface area contributed by atoms with Gasteiger partial charge in [-0.2, -0.15) is 5.10 Å². The fraction of sp³-hybridized carbons (Fsp3) is 0.360. The Morgan fingerprint density at radius 1 is 1.19 bits per heavy atom. The molecule has 0 aliphatic carbocycles. The Morgan fingerprint density at radius 2 is 2.06 bits per heavy atom. The number of hydrogen-bond acceptors (Lipinski definition) is 9. The number of aromatic nitrogens is 6. The molecule has 0 radical (unpaired) electrons. The number of ether oxygens (including phenoxy) is 1. The summed E-state index contributed by atoms with van der Waals surface area (Å²) in [4.78, 5) is 21.8. The predicted octanol–water partition coefficient (Wildman–Crippen LogP) is 3.94. The largest absolute Gasteiger partial charge is 0.493 e. The number of carbonyl (C=O) groups excluding carboxylic acids is 1. The van der Waals surface area contributed by atoms with Gasteiger partial charge in [-0.05, 0) is 25.0 Å². The smallest absolute Gasteiger partial charge is 0.309 e. The second kappa shape index (κ2) is 9.40. The lowest BCUT2D eigenvalue weighted by atomic mass is 9.97. The Hall–Kier alpha value is -4.28. The Bertz CT molecular complexity index is 1390. The van der Waals surface area contributed by atoms with Gasteiger partial charge in [-0.1, -0.05) is 32.9 Å². The van der Waals surface area contributed by atoms with Gasteiger partial charge in [0.1, 0.15) is 5.75 Å². The van der Waals surface area contributed by atoms with Gasteiger partial charge in [-0.3, -0.25) is 9.48 Å². The fourth-order valence-electron chi connectivity index (χ4n) is 3.91. The summed E-state index contributed by atoms with van der Waals surface area (Å²) < 4.78 is 13.3. The van der Waals surface area contributed by atoms with E-state index in [0.717, 1.165) is 35.3 Å². The van der Waals surface area contributed by atoms with E-state index >= 15 is 0 Å². The first-order chi connectivity index (χ1) is 17.3. The van der Waals surface area contributed by atoms with Crippen molar-refractivity contribution in [3.05, 3.63) is 60.2 Å². The Morgan fingerprint density at radius 3 is 2.81 bits per heavy atom. The monoisotopic (exact) mass is 488 g/mol. The molecule has 4 aromatic rings. The van der Waals surface area contributed by atoms with E-state index < -0.39 is 5.91 Å². The zero-order valence-corrected chi connectivity index (χ0v) is 20.6. The molecule has 1 atom stereocenters. The average molecular weight is 489 g/mol. The summed E-state index contributed by atoms with van der Waals surface area (Å²) in [6.07, 6.45) is 6.77. The number of anilines is 2. The molecule has 5 rings (SSSR count). The Kier molecular flexibility index (Phi) is 6.13. The van der Waals surface area contributed by atoms with Gasteiger partial charge in [0.25, 0.3) is 0 Å². The molecule has 1 aromatic carbocycles. The number of rotatable bonds is 5. The van der Waals surface area contributed by atoms with Gasteiger partial charge in [-0.15, -0.1) is 10.2 Å². The van der Waals surface area contributed by atoms with Crippen molar-refractivity contribution in [2.24, 2.45) is 7.05 Å². The summed E-state index contributed by atoms with van der Waals surface area (Å²) in [6.45, 7) is 6.41. The molecule has 2 N–H and O–H groups in total. The minimum Gasteiger partial charge on any atom is -0.493 e. The number of aryl methyl sites for hydroxylation is 1. The van der Waals surface area contributed by atoms with Crippen LogP contribution in [0.25, 0.3) is 11.3 Å². The first-order valence-electron chi connectivity index (χ1n) is 11.8. The van der Waals surface area contributed by atoms with Gasteiger partial charge in [-0.25, -0.2) is 9.97 Å². The molecule has 3 aromatic heterocycles. The lowest BCUT2D eigenvalue weighted by molar-refractivity contribution is 0.0896. The molecule has 0 unspecified atom stereocenters. The predicted molar refractivity (Wildman–Crippen MR) is 132 cm³/mol. The van der Waals surface area contributed by atoms with Gasteiger partial charge in [0.05, 0.1) is 30.2 Å². The Balaban J connectivity index is 1.36. The average Bonchev–Trinajstić information content (AvgIpc) is 3.46. The van der Waals surface area contributed by atoms with Crippen molar-refractivity contribution in [1.29, 1.82) is 0 Å². The summed E-state index contributed by atoms with van der Waals surface area (Å²) in [5.41, 5.74) is 2.98. The first kappa shape index (κ1) is 23.5. The van der Waals surface area contributed by atoms with Crippen LogP contribution in [0.5, 0.6) is 5.75 Å². The van der Waals surface area contributed by atoms with Gasteiger partial charge in [0, 0.05) is 36.0 Å². The highest BCUT2D eigenvalue weighted by atomic mass is 16.5. The van der Waals surface area contributed by atoms with Crippen molar-refractivity contribution in [1.82, 2.24) is 35.3 Å². The van der Waals surface area contributed by atoms with E-state index in [1.807, 2.05) is 58.3 Å². The summed E-state index contributed by atoms with van der Waals surface area (Å²) in [5, 5.41) is 18.3. The van der Waals surface area contributed by atoms with Gasteiger partial charge in [0.15, 0.2) is 0 Å². The third-order valence-corrected chi connectivity index (χ3v) is 5.76. The van der Waals surface area contributed by atoms with E-state index in [9.17, 15) is 4.79 Å². The molecule has 11 heteroatoms. The number of amides is 1. The van der Waals surface area contributed by atoms with Crippen LogP contribution in [0.1, 0.15) is 61.8 Å². The van der Waals surface area contributed by atoms with Crippen molar-refractivity contribution < 1.29 is 13.9 Å². The molecule has 1 aliphatic heterocycles. The first-order valence-corrected chi connectivity index (χ1v) is 11.8. The lowest BCUT2D eigenvalue weighted by Gasteiger charge is -2.18. The van der Waals surface area contributed by atoms with Crippen molar-refractivity contribution in [2.75, 3.05) is 11.9 Å². The van der Waals surface area contributed by atoms with Crippen LogP contribution in [0.15, 0.2) is 47.3 Å². The molecule has 186 valence electrons. The summed E-state index contributed by atoms with van der Waals surface area (Å²) in [5.74, 6) is 1.15. The lowest BCUT2D eigenvalue weighted by Crippen LogP contribution is -2.28. The van der Waals surface area contributed by atoms with Crippen molar-refractivity contribution >= 4 is 17.5 Å². The van der Waals surface area contributed by atoms with Crippen molar-refractivity contribution in [2.45, 2.75) is 45.1 Å². The van der Waals surface area contributed by atoms with E-state index in [-0.39, 0.29) is 17.3 Å². The minimum atomic E-state index is -0.401. The molecule has 4 heterocycles. The molecule has 11 nitrogen and oxygen atoms in total. The van der Waals surface area contributed by atoms with Gasteiger partial charge in [0.2, 0.25) is 11.8 Å². The number of nitrogens with zero attached hydrogens (tertiary/aromatic N) is 6. The van der Waals surface area contributed by atoms with E-state index in [1.165, 1.54) is 0 Å². The Labute approximate surface area is 208 Å². The van der Waals surface area contributed by atoms with Crippen LogP contribution >= 0.6 is 0 Å². The quantitative estimate of drug-likeness (QED) is 0.428. The highest BCUT2D eigenvalue weighted by molar-refractivity contribution is 5.89. The molecule has 0 spiro atoms. The van der Waals surface area contributed by atoms with Crippen LogP contribution in [0.3, 0.4) is 0 Å². The molecule has 1 amide bonds. The number of benzene rings is 1. The molecule has 0 saturated heterocycles. The van der Waals surface area contributed by atoms with Crippen molar-refractivity contribution in [3.63, 3.8) is 0 Å². The maximum atomic E-state index is 12.9. The van der Waals surface area contributed by atoms with Gasteiger partial charge >= 0.3 is 11.8 Å². The maximum Gasteiger partial charge on any atom is 0.309 e. The molecule has 1 aliphatic rings. The summed E-state index contributed by atoms with van der Waals surface area (Å²) in [6, 6.07) is 7.47. The van der Waals surface area contributed by atoms with Crippen LogP contribution < -0.4 is 15.4 Å². The van der Waals surface area contributed by atoms with Gasteiger partial charge < -0.3 is 19.8 Å². The summed E-state index contributed by atoms with van der Waals surface area (Å²) in [7, 11) is 1.85. The third-order valence-electron chi connectivity index (χ3n) is 5.76. The highest BCUT2D eigenvalue weighted by Gasteiger charge is 2.27. The van der Waals surface area contributed by atoms with E-state index in [1.54, 1.807) is 17.1 Å². The van der Waals surface area contributed by atoms with E-state index in [0.29, 0.717) is 24.2 Å². The van der Waals surface area contributed by atoms with E-state index in [4.69, 9.17) is 9.15 Å². The fourth-order valence-corrected chi connectivity index (χ4v) is 3.91. The number of hydrogen-bond donors (Lipinski definition) is 2. The topological polar surface area (TPSA) is 133 Å². The maximum absolute atomic E-state index is 12.9. The van der Waals surface area contributed by atoms with Crippen LogP contribution in [0.2, 0.25) is 0 Å². The number of fused-ring (bicyclic) bond motifs is 1. The number of nitrogens with one attached hydrogen (secondary N) is 2. The van der Waals surface area contributed by atoms with Crippen LogP contribution in [0.4, 0.5) is 11.6 Å². The second-order valence-corrected chi connectivity index (χ2v) is 9.72. The molecule has 0 fully saturated rings. The highest BCUT2D eigenvalue weighted by Crippen LogP contribution is 2.35. The van der Waals surface area contributed by atoms with E-state index in [2.05, 4.69) is 35.9 Å². The molecule has 0 saturated carbocycles. The zero-order chi connectivity index (χ0) is 25.3.